The summed E-state index contributed by atoms with van der Waals surface area (Å²) in [6.45, 7) is 0. The molecular weight excluding hydrogens is 364 g/mol. The van der Waals surface area contributed by atoms with Crippen molar-refractivity contribution >= 4 is 43.9 Å². The Balaban J connectivity index is 2.34. The molecule has 2 rings (SSSR count). The molecule has 1 heterocycles. The number of carbonyl (C=O) groups is 1. The molecule has 0 atom stereocenters. The van der Waals surface area contributed by atoms with Crippen molar-refractivity contribution in [1.82, 2.24) is 0 Å². The van der Waals surface area contributed by atoms with Crippen molar-refractivity contribution in [2.75, 3.05) is 0 Å². The molecule has 0 bridgehead atoms. The van der Waals surface area contributed by atoms with Crippen LogP contribution in [0.2, 0.25) is 0 Å². The van der Waals surface area contributed by atoms with E-state index in [1.54, 1.807) is 6.07 Å². The first-order valence-corrected chi connectivity index (χ1v) is 6.61. The molecule has 1 aromatic carbocycles. The van der Waals surface area contributed by atoms with E-state index in [-0.39, 0.29) is 0 Å². The quantitative estimate of drug-likeness (QED) is 0.804. The molecule has 92 valence electrons. The molecule has 2 aromatic rings. The standard InChI is InChI=1S/C13H8Br2O3/c14-9-3-1-8(2-4-9)13-11(15)7-10(18-13)5-6-12(16)17/h1-7H,(H,16,17)/b6-5+. The van der Waals surface area contributed by atoms with Crippen LogP contribution in [0.15, 0.2) is 49.8 Å². The second-order valence-corrected chi connectivity index (χ2v) is 5.27. The highest BCUT2D eigenvalue weighted by atomic mass is 79.9. The third-order valence-electron chi connectivity index (χ3n) is 2.20. The molecule has 1 aromatic heterocycles. The number of hydrogen-bond acceptors (Lipinski definition) is 2. The van der Waals surface area contributed by atoms with Gasteiger partial charge in [-0.1, -0.05) is 28.1 Å². The lowest BCUT2D eigenvalue weighted by Gasteiger charge is -1.98. The summed E-state index contributed by atoms with van der Waals surface area (Å²) >= 11 is 6.76. The molecule has 0 amide bonds. The monoisotopic (exact) mass is 370 g/mol. The summed E-state index contributed by atoms with van der Waals surface area (Å²) in [4.78, 5) is 10.4. The summed E-state index contributed by atoms with van der Waals surface area (Å²) in [6, 6.07) is 9.39. The van der Waals surface area contributed by atoms with E-state index in [2.05, 4.69) is 31.9 Å². The Morgan fingerprint density at radius 3 is 2.50 bits per heavy atom. The van der Waals surface area contributed by atoms with Gasteiger partial charge in [0.25, 0.3) is 0 Å². The van der Waals surface area contributed by atoms with Crippen LogP contribution in [0.5, 0.6) is 0 Å². The van der Waals surface area contributed by atoms with Gasteiger partial charge in [-0.15, -0.1) is 0 Å². The molecule has 0 fully saturated rings. The average Bonchev–Trinajstić information content (AvgIpc) is 2.69. The molecule has 0 saturated heterocycles. The van der Waals surface area contributed by atoms with Crippen molar-refractivity contribution in [2.24, 2.45) is 0 Å². The zero-order valence-electron chi connectivity index (χ0n) is 9.06. The van der Waals surface area contributed by atoms with Gasteiger partial charge < -0.3 is 9.52 Å². The number of benzene rings is 1. The smallest absolute Gasteiger partial charge is 0.328 e. The van der Waals surface area contributed by atoms with Crippen molar-refractivity contribution in [3.05, 3.63) is 51.1 Å². The van der Waals surface area contributed by atoms with Gasteiger partial charge in [-0.05, 0) is 40.2 Å². The normalized spacial score (nSPS) is 11.0. The maximum Gasteiger partial charge on any atom is 0.328 e. The Bertz CT molecular complexity index is 597. The van der Waals surface area contributed by atoms with Gasteiger partial charge in [-0.25, -0.2) is 4.79 Å². The molecule has 0 saturated carbocycles. The van der Waals surface area contributed by atoms with Crippen LogP contribution in [-0.4, -0.2) is 11.1 Å². The Morgan fingerprint density at radius 1 is 1.22 bits per heavy atom. The van der Waals surface area contributed by atoms with E-state index in [1.165, 1.54) is 6.08 Å². The molecule has 0 aliphatic heterocycles. The first-order valence-electron chi connectivity index (χ1n) is 5.02. The van der Waals surface area contributed by atoms with Gasteiger partial charge in [-0.2, -0.15) is 0 Å². The predicted molar refractivity (Wildman–Crippen MR) is 76.2 cm³/mol. The second-order valence-electron chi connectivity index (χ2n) is 3.50. The lowest BCUT2D eigenvalue weighted by atomic mass is 10.2. The number of hydrogen-bond donors (Lipinski definition) is 1. The van der Waals surface area contributed by atoms with Crippen molar-refractivity contribution in [2.45, 2.75) is 0 Å². The van der Waals surface area contributed by atoms with Crippen LogP contribution in [0.25, 0.3) is 17.4 Å². The van der Waals surface area contributed by atoms with Crippen LogP contribution in [-0.2, 0) is 4.79 Å². The summed E-state index contributed by atoms with van der Waals surface area (Å²) in [6.07, 6.45) is 2.45. The maximum absolute atomic E-state index is 10.4. The van der Waals surface area contributed by atoms with E-state index in [0.717, 1.165) is 20.6 Å². The number of aliphatic carboxylic acids is 1. The van der Waals surface area contributed by atoms with Gasteiger partial charge >= 0.3 is 5.97 Å². The van der Waals surface area contributed by atoms with Crippen LogP contribution in [0.1, 0.15) is 5.76 Å². The van der Waals surface area contributed by atoms with E-state index in [4.69, 9.17) is 9.52 Å². The van der Waals surface area contributed by atoms with Crippen molar-refractivity contribution in [3.63, 3.8) is 0 Å². The summed E-state index contributed by atoms with van der Waals surface area (Å²) in [7, 11) is 0. The third-order valence-corrected chi connectivity index (χ3v) is 3.32. The fraction of sp³-hybridized carbons (Fsp3) is 0. The lowest BCUT2D eigenvalue weighted by molar-refractivity contribution is -0.131. The first kappa shape index (κ1) is 13.1. The molecule has 0 spiro atoms. The molecule has 18 heavy (non-hydrogen) atoms. The third kappa shape index (κ3) is 3.11. The summed E-state index contributed by atoms with van der Waals surface area (Å²) in [5, 5.41) is 8.55. The molecule has 0 unspecified atom stereocenters. The topological polar surface area (TPSA) is 50.4 Å². The molecule has 5 heteroatoms. The van der Waals surface area contributed by atoms with Crippen molar-refractivity contribution < 1.29 is 14.3 Å². The van der Waals surface area contributed by atoms with E-state index in [0.29, 0.717) is 11.5 Å². The number of carboxylic acids is 1. The van der Waals surface area contributed by atoms with Crippen LogP contribution >= 0.6 is 31.9 Å². The van der Waals surface area contributed by atoms with E-state index < -0.39 is 5.97 Å². The van der Waals surface area contributed by atoms with Crippen molar-refractivity contribution in [1.29, 1.82) is 0 Å². The highest BCUT2D eigenvalue weighted by molar-refractivity contribution is 9.10. The van der Waals surface area contributed by atoms with Gasteiger partial charge in [0, 0.05) is 16.1 Å². The lowest BCUT2D eigenvalue weighted by Crippen LogP contribution is -1.84. The summed E-state index contributed by atoms with van der Waals surface area (Å²) < 4.78 is 7.35. The van der Waals surface area contributed by atoms with Gasteiger partial charge in [-0.3, -0.25) is 0 Å². The molecule has 0 aliphatic rings. The Labute approximate surface area is 120 Å². The van der Waals surface area contributed by atoms with Gasteiger partial charge in [0.05, 0.1) is 4.47 Å². The SMILES string of the molecule is O=C(O)/C=C/c1cc(Br)c(-c2ccc(Br)cc2)o1. The van der Waals surface area contributed by atoms with E-state index in [9.17, 15) is 4.79 Å². The average molecular weight is 372 g/mol. The minimum Gasteiger partial charge on any atom is -0.478 e. The van der Waals surface area contributed by atoms with E-state index in [1.807, 2.05) is 24.3 Å². The van der Waals surface area contributed by atoms with Crippen LogP contribution < -0.4 is 0 Å². The highest BCUT2D eigenvalue weighted by Crippen LogP contribution is 2.32. The predicted octanol–water partition coefficient (Wildman–Crippen LogP) is 4.57. The minimum absolute atomic E-state index is 0.488. The number of carboxylic acid groups (broad SMARTS) is 1. The molecular formula is C13H8Br2O3. The fourth-order valence-electron chi connectivity index (χ4n) is 1.42. The number of rotatable bonds is 3. The fourth-order valence-corrected chi connectivity index (χ4v) is 2.22. The van der Waals surface area contributed by atoms with Gasteiger partial charge in [0.15, 0.2) is 0 Å². The maximum atomic E-state index is 10.4. The molecule has 1 N–H and O–H groups in total. The zero-order valence-corrected chi connectivity index (χ0v) is 12.2. The van der Waals surface area contributed by atoms with E-state index >= 15 is 0 Å². The minimum atomic E-state index is -1.01. The van der Waals surface area contributed by atoms with Crippen LogP contribution in [0.4, 0.5) is 0 Å². The Kier molecular flexibility index (Phi) is 4.04. The molecule has 0 radical (unpaired) electrons. The Morgan fingerprint density at radius 2 is 1.89 bits per heavy atom. The molecule has 3 nitrogen and oxygen atoms in total. The van der Waals surface area contributed by atoms with Crippen LogP contribution in [0, 0.1) is 0 Å². The molecule has 0 aliphatic carbocycles. The summed E-state index contributed by atoms with van der Waals surface area (Å²) in [5.41, 5.74) is 0.917. The van der Waals surface area contributed by atoms with Gasteiger partial charge in [0.2, 0.25) is 0 Å². The largest absolute Gasteiger partial charge is 0.478 e. The second kappa shape index (κ2) is 5.54. The highest BCUT2D eigenvalue weighted by Gasteiger charge is 2.09. The van der Waals surface area contributed by atoms with Crippen molar-refractivity contribution in [3.8, 4) is 11.3 Å². The Hall–Kier alpha value is -1.33. The summed E-state index contributed by atoms with van der Waals surface area (Å²) in [5.74, 6) is 0.155. The number of furan rings is 1. The number of halogens is 2. The zero-order chi connectivity index (χ0) is 13.1. The van der Waals surface area contributed by atoms with Gasteiger partial charge in [0.1, 0.15) is 11.5 Å². The first-order chi connectivity index (χ1) is 8.56. The van der Waals surface area contributed by atoms with Crippen LogP contribution in [0.3, 0.4) is 0 Å².